The second kappa shape index (κ2) is 7.88. The molecule has 3 heteroatoms. The van der Waals surface area contributed by atoms with E-state index in [0.717, 1.165) is 50.7 Å². The van der Waals surface area contributed by atoms with Gasteiger partial charge in [0, 0.05) is 11.6 Å². The zero-order valence-electron chi connectivity index (χ0n) is 17.2. The molecule has 0 bridgehead atoms. The van der Waals surface area contributed by atoms with Crippen molar-refractivity contribution in [2.24, 2.45) is 9.98 Å². The summed E-state index contributed by atoms with van der Waals surface area (Å²) in [7, 11) is 0. The molecule has 4 rings (SSSR count). The van der Waals surface area contributed by atoms with Gasteiger partial charge in [-0.05, 0) is 49.9 Å². The van der Waals surface area contributed by atoms with Crippen LogP contribution in [0.4, 0.5) is 11.4 Å². The summed E-state index contributed by atoms with van der Waals surface area (Å²) in [4.78, 5) is 9.84. The Morgan fingerprint density at radius 2 is 1.10 bits per heavy atom. The zero-order valence-corrected chi connectivity index (χ0v) is 17.2. The van der Waals surface area contributed by atoms with Crippen molar-refractivity contribution in [3.63, 3.8) is 0 Å². The normalized spacial score (nSPS) is 16.2. The van der Waals surface area contributed by atoms with Crippen molar-refractivity contribution in [3.8, 4) is 0 Å². The van der Waals surface area contributed by atoms with Crippen molar-refractivity contribution in [2.45, 2.75) is 27.7 Å². The number of aliphatic imine (C=N–C) groups is 2. The highest BCUT2D eigenvalue weighted by Crippen LogP contribution is 2.30. The van der Waals surface area contributed by atoms with Gasteiger partial charge in [0.1, 0.15) is 11.5 Å². The van der Waals surface area contributed by atoms with Gasteiger partial charge in [-0.1, -0.05) is 66.7 Å². The number of hydrogen-bond donors (Lipinski definition) is 0. The summed E-state index contributed by atoms with van der Waals surface area (Å²) in [5.41, 5.74) is 8.12. The molecule has 1 aliphatic heterocycles. The lowest BCUT2D eigenvalue weighted by Gasteiger charge is -2.09. The molecule has 1 aliphatic rings. The van der Waals surface area contributed by atoms with Crippen LogP contribution in [0.3, 0.4) is 0 Å². The van der Waals surface area contributed by atoms with Crippen molar-refractivity contribution in [3.05, 3.63) is 101 Å². The van der Waals surface area contributed by atoms with Crippen molar-refractivity contribution in [1.82, 2.24) is 0 Å². The van der Waals surface area contributed by atoms with Crippen LogP contribution in [-0.4, -0.2) is 11.6 Å². The van der Waals surface area contributed by atoms with E-state index in [-0.39, 0.29) is 0 Å². The first-order chi connectivity index (χ1) is 14.0. The van der Waals surface area contributed by atoms with E-state index >= 15 is 0 Å². The molecular formula is C26H24N2O. The summed E-state index contributed by atoms with van der Waals surface area (Å²) in [6.45, 7) is 8.28. The number of para-hydroxylation sites is 2. The maximum atomic E-state index is 6.21. The van der Waals surface area contributed by atoms with Crippen molar-refractivity contribution < 1.29 is 4.74 Å². The summed E-state index contributed by atoms with van der Waals surface area (Å²) >= 11 is 0. The van der Waals surface area contributed by atoms with Crippen LogP contribution in [0.2, 0.25) is 0 Å². The number of aryl methyl sites for hydroxylation is 4. The van der Waals surface area contributed by atoms with Crippen LogP contribution in [0.25, 0.3) is 5.76 Å². The third kappa shape index (κ3) is 3.90. The highest BCUT2D eigenvalue weighted by atomic mass is 16.5. The van der Waals surface area contributed by atoms with E-state index in [2.05, 4.69) is 58.0 Å². The minimum Gasteiger partial charge on any atom is -0.436 e. The lowest BCUT2D eigenvalue weighted by atomic mass is 10.1. The first-order valence-corrected chi connectivity index (χ1v) is 9.78. The largest absolute Gasteiger partial charge is 0.436 e. The molecule has 29 heavy (non-hydrogen) atoms. The third-order valence-electron chi connectivity index (χ3n) is 5.08. The van der Waals surface area contributed by atoms with Gasteiger partial charge in [-0.2, -0.15) is 0 Å². The first-order valence-electron chi connectivity index (χ1n) is 9.78. The minimum absolute atomic E-state index is 0.531. The van der Waals surface area contributed by atoms with Gasteiger partial charge in [0.2, 0.25) is 5.90 Å². The molecule has 0 spiro atoms. The standard InChI is InChI=1S/C26H24N2O/c1-17-10-8-11-18(2)24(17)27-22-16-23(21-14-6-5-7-15-21)29-26(22)28-25-19(3)12-9-13-20(25)4/h5-16H,1-4H3. The SMILES string of the molecule is Cc1cccc(C)c1N=C1C=C(c2ccccc2)OC1=Nc1c(C)cccc1C. The van der Waals surface area contributed by atoms with Crippen LogP contribution in [0.1, 0.15) is 27.8 Å². The number of hydrogen-bond acceptors (Lipinski definition) is 3. The van der Waals surface area contributed by atoms with Gasteiger partial charge >= 0.3 is 0 Å². The smallest absolute Gasteiger partial charge is 0.246 e. The molecular weight excluding hydrogens is 356 g/mol. The molecule has 0 atom stereocenters. The Morgan fingerprint density at radius 3 is 1.66 bits per heavy atom. The molecule has 3 nitrogen and oxygen atoms in total. The van der Waals surface area contributed by atoms with Crippen LogP contribution in [0.5, 0.6) is 0 Å². The average molecular weight is 380 g/mol. The van der Waals surface area contributed by atoms with Gasteiger partial charge in [0.15, 0.2) is 0 Å². The molecule has 0 saturated heterocycles. The zero-order chi connectivity index (χ0) is 20.4. The van der Waals surface area contributed by atoms with Crippen LogP contribution < -0.4 is 0 Å². The van der Waals surface area contributed by atoms with Gasteiger partial charge in [-0.15, -0.1) is 0 Å². The third-order valence-corrected chi connectivity index (χ3v) is 5.08. The van der Waals surface area contributed by atoms with Crippen LogP contribution in [0.15, 0.2) is 82.8 Å². The monoisotopic (exact) mass is 380 g/mol. The van der Waals surface area contributed by atoms with Gasteiger partial charge < -0.3 is 4.74 Å². The first kappa shape index (κ1) is 18.9. The second-order valence-electron chi connectivity index (χ2n) is 7.37. The van der Waals surface area contributed by atoms with Crippen molar-refractivity contribution in [2.75, 3.05) is 0 Å². The summed E-state index contributed by atoms with van der Waals surface area (Å²) in [5.74, 6) is 1.30. The van der Waals surface area contributed by atoms with Gasteiger partial charge in [-0.3, -0.25) is 0 Å². The molecule has 0 fully saturated rings. The Balaban J connectivity index is 1.86. The quantitative estimate of drug-likeness (QED) is 0.492. The van der Waals surface area contributed by atoms with Gasteiger partial charge in [0.25, 0.3) is 0 Å². The molecule has 0 unspecified atom stereocenters. The van der Waals surface area contributed by atoms with E-state index in [4.69, 9.17) is 14.7 Å². The Bertz CT molecular complexity index is 1110. The highest BCUT2D eigenvalue weighted by Gasteiger charge is 2.23. The van der Waals surface area contributed by atoms with E-state index in [1.165, 1.54) is 0 Å². The fourth-order valence-electron chi connectivity index (χ4n) is 3.46. The molecule has 3 aromatic carbocycles. The summed E-state index contributed by atoms with van der Waals surface area (Å²) < 4.78 is 6.21. The van der Waals surface area contributed by atoms with E-state index in [0.29, 0.717) is 5.90 Å². The number of rotatable bonds is 3. The fraction of sp³-hybridized carbons (Fsp3) is 0.154. The molecule has 0 N–H and O–H groups in total. The van der Waals surface area contributed by atoms with Crippen molar-refractivity contribution >= 4 is 28.7 Å². The summed E-state index contributed by atoms with van der Waals surface area (Å²) in [5, 5.41) is 0. The van der Waals surface area contributed by atoms with Gasteiger partial charge in [0.05, 0.1) is 11.4 Å². The molecule has 0 aromatic heterocycles. The molecule has 3 aromatic rings. The number of benzene rings is 3. The average Bonchev–Trinajstić information content (AvgIpc) is 3.11. The topological polar surface area (TPSA) is 34.0 Å². The summed E-state index contributed by atoms with van der Waals surface area (Å²) in [6, 6.07) is 22.4. The lowest BCUT2D eigenvalue weighted by Crippen LogP contribution is -2.08. The fourth-order valence-corrected chi connectivity index (χ4v) is 3.46. The maximum Gasteiger partial charge on any atom is 0.246 e. The molecule has 0 saturated carbocycles. The van der Waals surface area contributed by atoms with Crippen molar-refractivity contribution in [1.29, 1.82) is 0 Å². The molecule has 0 radical (unpaired) electrons. The molecule has 144 valence electrons. The van der Waals surface area contributed by atoms with E-state index in [1.807, 2.05) is 42.5 Å². The Morgan fingerprint density at radius 1 is 0.586 bits per heavy atom. The van der Waals surface area contributed by atoms with E-state index in [9.17, 15) is 0 Å². The predicted molar refractivity (Wildman–Crippen MR) is 122 cm³/mol. The Kier molecular flexibility index (Phi) is 5.13. The van der Waals surface area contributed by atoms with Crippen LogP contribution in [-0.2, 0) is 4.74 Å². The summed E-state index contributed by atoms with van der Waals surface area (Å²) in [6.07, 6.45) is 1.98. The highest BCUT2D eigenvalue weighted by molar-refractivity contribution is 6.48. The molecule has 0 amide bonds. The second-order valence-corrected chi connectivity index (χ2v) is 7.37. The Hall–Kier alpha value is -3.46. The number of nitrogens with zero attached hydrogens (tertiary/aromatic N) is 2. The van der Waals surface area contributed by atoms with Crippen LogP contribution in [0, 0.1) is 27.7 Å². The minimum atomic E-state index is 0.531. The Labute approximate surface area is 172 Å². The predicted octanol–water partition coefficient (Wildman–Crippen LogP) is 6.79. The molecule has 1 heterocycles. The lowest BCUT2D eigenvalue weighted by molar-refractivity contribution is 0.526. The number of ether oxygens (including phenoxy) is 1. The molecule has 0 aliphatic carbocycles. The van der Waals surface area contributed by atoms with E-state index in [1.54, 1.807) is 0 Å². The van der Waals surface area contributed by atoms with Gasteiger partial charge in [-0.25, -0.2) is 9.98 Å². The maximum absolute atomic E-state index is 6.21. The van der Waals surface area contributed by atoms with E-state index < -0.39 is 0 Å². The van der Waals surface area contributed by atoms with Crippen LogP contribution >= 0.6 is 0 Å².